The number of hydrazine groups is 1. The lowest BCUT2D eigenvalue weighted by molar-refractivity contribution is 0.192. The van der Waals surface area contributed by atoms with E-state index in [1.165, 1.54) is 0 Å². The van der Waals surface area contributed by atoms with Crippen LogP contribution in [0.5, 0.6) is 0 Å². The molecule has 3 nitrogen and oxygen atoms in total. The molecule has 0 bridgehead atoms. The Morgan fingerprint density at radius 3 is 2.50 bits per heavy atom. The van der Waals surface area contributed by atoms with E-state index in [9.17, 15) is 0 Å². The molecule has 0 spiro atoms. The minimum atomic E-state index is -0.338. The molecule has 0 aromatic rings. The van der Waals surface area contributed by atoms with Crippen LogP contribution in [0.1, 0.15) is 6.92 Å². The minimum absolute atomic E-state index is 0.338. The molecule has 0 unspecified atom stereocenters. The number of rotatable bonds is 2. The van der Waals surface area contributed by atoms with Crippen LogP contribution >= 0.6 is 0 Å². The predicted octanol–water partition coefficient (Wildman–Crippen LogP) is -1.17. The van der Waals surface area contributed by atoms with E-state index in [1.54, 1.807) is 6.92 Å². The lowest BCUT2D eigenvalue weighted by Crippen LogP contribution is -2.29. The number of aliphatic hydroxyl groups excluding tert-OH is 1. The summed E-state index contributed by atoms with van der Waals surface area (Å²) in [5, 5.41) is 8.41. The predicted molar refractivity (Wildman–Crippen MR) is 23.9 cm³/mol. The molecular weight excluding hydrogens is 80.0 g/mol. The largest absolute Gasteiger partial charge is 0.392 e. The van der Waals surface area contributed by atoms with Gasteiger partial charge in [0.05, 0.1) is 6.10 Å². The van der Waals surface area contributed by atoms with E-state index in [4.69, 9.17) is 10.9 Å². The standard InChI is InChI=1S/C3H10N2O/c1-3(6)2-5-4/h3,5-6H,2,4H2,1H3/t3-/m0/s1. The smallest absolute Gasteiger partial charge is 0.0650 e. The second-order valence-corrected chi connectivity index (χ2v) is 1.26. The van der Waals surface area contributed by atoms with Crippen molar-refractivity contribution in [2.75, 3.05) is 6.54 Å². The van der Waals surface area contributed by atoms with Crippen LogP contribution < -0.4 is 11.3 Å². The van der Waals surface area contributed by atoms with E-state index < -0.39 is 0 Å². The molecule has 0 fully saturated rings. The summed E-state index contributed by atoms with van der Waals surface area (Å²) in [6.45, 7) is 2.12. The first-order chi connectivity index (χ1) is 2.77. The number of aliphatic hydroxyl groups is 1. The third-order valence-electron chi connectivity index (χ3n) is 0.413. The highest BCUT2D eigenvalue weighted by molar-refractivity contribution is 4.43. The second kappa shape index (κ2) is 3.08. The summed E-state index contributed by atoms with van der Waals surface area (Å²) in [4.78, 5) is 0. The molecule has 0 aliphatic carbocycles. The molecule has 1 atom stereocenters. The maximum absolute atomic E-state index is 8.41. The Balaban J connectivity index is 2.63. The Kier molecular flexibility index (Phi) is 3.02. The van der Waals surface area contributed by atoms with Gasteiger partial charge in [-0.15, -0.1) is 0 Å². The Bertz CT molecular complexity index is 30.0. The fourth-order valence-electron chi connectivity index (χ4n) is 0.171. The van der Waals surface area contributed by atoms with Crippen LogP contribution in [0, 0.1) is 0 Å². The van der Waals surface area contributed by atoms with Gasteiger partial charge >= 0.3 is 0 Å². The van der Waals surface area contributed by atoms with Gasteiger partial charge < -0.3 is 5.11 Å². The molecular formula is C3H10N2O. The Morgan fingerprint density at radius 1 is 2.00 bits per heavy atom. The van der Waals surface area contributed by atoms with Gasteiger partial charge in [0.1, 0.15) is 0 Å². The van der Waals surface area contributed by atoms with Crippen LogP contribution in [0.25, 0.3) is 0 Å². The Hall–Kier alpha value is -0.120. The van der Waals surface area contributed by atoms with Gasteiger partial charge in [-0.25, -0.2) is 0 Å². The molecule has 4 N–H and O–H groups in total. The highest BCUT2D eigenvalue weighted by atomic mass is 16.3. The molecule has 0 heterocycles. The molecule has 0 saturated carbocycles. The van der Waals surface area contributed by atoms with E-state index in [-0.39, 0.29) is 6.10 Å². The van der Waals surface area contributed by atoms with Crippen molar-refractivity contribution >= 4 is 0 Å². The van der Waals surface area contributed by atoms with Crippen LogP contribution in [-0.4, -0.2) is 17.8 Å². The van der Waals surface area contributed by atoms with E-state index in [2.05, 4.69) is 5.43 Å². The molecule has 0 radical (unpaired) electrons. The number of hydrogen-bond donors (Lipinski definition) is 3. The van der Waals surface area contributed by atoms with E-state index in [1.807, 2.05) is 0 Å². The van der Waals surface area contributed by atoms with Gasteiger partial charge in [0.25, 0.3) is 0 Å². The zero-order valence-corrected chi connectivity index (χ0v) is 3.81. The molecule has 0 aliphatic heterocycles. The van der Waals surface area contributed by atoms with Gasteiger partial charge in [0.15, 0.2) is 0 Å². The van der Waals surface area contributed by atoms with Crippen molar-refractivity contribution in [1.82, 2.24) is 5.43 Å². The highest BCUT2D eigenvalue weighted by Crippen LogP contribution is 1.68. The topological polar surface area (TPSA) is 58.3 Å². The zero-order valence-electron chi connectivity index (χ0n) is 3.81. The van der Waals surface area contributed by atoms with Gasteiger partial charge in [0, 0.05) is 6.54 Å². The minimum Gasteiger partial charge on any atom is -0.392 e. The van der Waals surface area contributed by atoms with Crippen LogP contribution in [0.15, 0.2) is 0 Å². The fraction of sp³-hybridized carbons (Fsp3) is 1.00. The average molecular weight is 90.1 g/mol. The van der Waals surface area contributed by atoms with E-state index >= 15 is 0 Å². The second-order valence-electron chi connectivity index (χ2n) is 1.26. The third-order valence-corrected chi connectivity index (χ3v) is 0.413. The zero-order chi connectivity index (χ0) is 4.99. The number of hydrogen-bond acceptors (Lipinski definition) is 3. The van der Waals surface area contributed by atoms with E-state index in [0.29, 0.717) is 6.54 Å². The van der Waals surface area contributed by atoms with Gasteiger partial charge in [-0.2, -0.15) is 0 Å². The monoisotopic (exact) mass is 90.1 g/mol. The van der Waals surface area contributed by atoms with Crippen LogP contribution in [0.4, 0.5) is 0 Å². The molecule has 0 aliphatic rings. The molecule has 6 heavy (non-hydrogen) atoms. The normalized spacial score (nSPS) is 14.5. The molecule has 0 saturated heterocycles. The third kappa shape index (κ3) is 3.88. The lowest BCUT2D eigenvalue weighted by Gasteiger charge is -1.97. The fourth-order valence-corrected chi connectivity index (χ4v) is 0.171. The van der Waals surface area contributed by atoms with Crippen LogP contribution in [0.3, 0.4) is 0 Å². The quantitative estimate of drug-likeness (QED) is 0.296. The molecule has 0 rings (SSSR count). The van der Waals surface area contributed by atoms with Crippen molar-refractivity contribution in [2.45, 2.75) is 13.0 Å². The highest BCUT2D eigenvalue weighted by Gasteiger charge is 1.86. The van der Waals surface area contributed by atoms with Gasteiger partial charge in [0.2, 0.25) is 0 Å². The lowest BCUT2D eigenvalue weighted by atomic mass is 10.4. The average Bonchev–Trinajstić information content (AvgIpc) is 1.35. The Morgan fingerprint density at radius 2 is 2.50 bits per heavy atom. The van der Waals surface area contributed by atoms with Crippen molar-refractivity contribution in [1.29, 1.82) is 0 Å². The summed E-state index contributed by atoms with van der Waals surface area (Å²) in [6.07, 6.45) is -0.338. The van der Waals surface area contributed by atoms with Gasteiger partial charge in [-0.1, -0.05) is 0 Å². The first kappa shape index (κ1) is 5.88. The van der Waals surface area contributed by atoms with Crippen molar-refractivity contribution in [3.63, 3.8) is 0 Å². The summed E-state index contributed by atoms with van der Waals surface area (Å²) in [5.74, 6) is 4.82. The summed E-state index contributed by atoms with van der Waals surface area (Å²) < 4.78 is 0. The molecule has 0 amide bonds. The van der Waals surface area contributed by atoms with Crippen LogP contribution in [0.2, 0.25) is 0 Å². The van der Waals surface area contributed by atoms with Gasteiger partial charge in [-0.3, -0.25) is 11.3 Å². The number of nitrogens with one attached hydrogen (secondary N) is 1. The summed E-state index contributed by atoms with van der Waals surface area (Å²) in [7, 11) is 0. The maximum Gasteiger partial charge on any atom is 0.0650 e. The molecule has 38 valence electrons. The molecule has 0 aromatic heterocycles. The first-order valence-electron chi connectivity index (χ1n) is 1.89. The Labute approximate surface area is 37.1 Å². The van der Waals surface area contributed by atoms with Crippen molar-refractivity contribution in [3.05, 3.63) is 0 Å². The van der Waals surface area contributed by atoms with E-state index in [0.717, 1.165) is 0 Å². The molecule has 3 heteroatoms. The first-order valence-corrected chi connectivity index (χ1v) is 1.89. The van der Waals surface area contributed by atoms with Crippen LogP contribution in [-0.2, 0) is 0 Å². The van der Waals surface area contributed by atoms with Crippen molar-refractivity contribution < 1.29 is 5.11 Å². The summed E-state index contributed by atoms with van der Waals surface area (Å²) in [5.41, 5.74) is 2.32. The number of nitrogens with two attached hydrogens (primary N) is 1. The van der Waals surface area contributed by atoms with Crippen molar-refractivity contribution in [3.8, 4) is 0 Å². The summed E-state index contributed by atoms with van der Waals surface area (Å²) in [6, 6.07) is 0. The SMILES string of the molecule is C[C@H](O)CNN. The summed E-state index contributed by atoms with van der Waals surface area (Å²) >= 11 is 0. The molecule has 0 aromatic carbocycles. The maximum atomic E-state index is 8.41. The van der Waals surface area contributed by atoms with Gasteiger partial charge in [-0.05, 0) is 6.92 Å². The van der Waals surface area contributed by atoms with Crippen molar-refractivity contribution in [2.24, 2.45) is 5.84 Å².